The van der Waals surface area contributed by atoms with Crippen molar-refractivity contribution < 1.29 is 0 Å². The molecule has 0 saturated carbocycles. The summed E-state index contributed by atoms with van der Waals surface area (Å²) in [5, 5.41) is 0.912. The maximum atomic E-state index is 6.25. The maximum Gasteiger partial charge on any atom is 0.133 e. The topological polar surface area (TPSA) is 64.7 Å². The van der Waals surface area contributed by atoms with E-state index in [4.69, 9.17) is 10.7 Å². The highest BCUT2D eigenvalue weighted by Crippen LogP contribution is 2.44. The Kier molecular flexibility index (Phi) is 3.04. The highest BCUT2D eigenvalue weighted by atomic mass is 14.9. The molecule has 5 rings (SSSR count). The largest absolute Gasteiger partial charge is 0.383 e. The predicted octanol–water partition coefficient (Wildman–Crippen LogP) is 3.96. The molecule has 2 N–H and O–H groups in total. The van der Waals surface area contributed by atoms with Crippen LogP contribution in [0.3, 0.4) is 0 Å². The molecule has 0 aliphatic heterocycles. The van der Waals surface area contributed by atoms with Gasteiger partial charge in [0.05, 0.1) is 16.9 Å². The van der Waals surface area contributed by atoms with Gasteiger partial charge in [0.1, 0.15) is 5.82 Å². The number of anilines is 1. The van der Waals surface area contributed by atoms with E-state index in [0.29, 0.717) is 5.82 Å². The fraction of sp³-hybridized carbons (Fsp3) is 0.0952. The van der Waals surface area contributed by atoms with Gasteiger partial charge in [-0.3, -0.25) is 9.97 Å². The second kappa shape index (κ2) is 5.38. The molecule has 0 saturated heterocycles. The third-order valence-electron chi connectivity index (χ3n) is 4.92. The number of fused-ring (bicyclic) bond motifs is 5. The Balaban J connectivity index is 1.89. The third kappa shape index (κ3) is 2.11. The van der Waals surface area contributed by atoms with Crippen molar-refractivity contribution in [2.24, 2.45) is 0 Å². The molecule has 0 spiro atoms. The zero-order valence-electron chi connectivity index (χ0n) is 13.6. The van der Waals surface area contributed by atoms with Gasteiger partial charge < -0.3 is 5.73 Å². The van der Waals surface area contributed by atoms with Gasteiger partial charge in [-0.25, -0.2) is 4.98 Å². The van der Waals surface area contributed by atoms with Gasteiger partial charge in [-0.2, -0.15) is 0 Å². The van der Waals surface area contributed by atoms with Crippen molar-refractivity contribution in [1.82, 2.24) is 15.0 Å². The Labute approximate surface area is 145 Å². The SMILES string of the molecule is Nc1nc2c(c3ncccc13)C(c1ccccc1)Cc1ncccc1-2. The molecule has 1 aliphatic rings. The minimum atomic E-state index is 0.170. The summed E-state index contributed by atoms with van der Waals surface area (Å²) in [7, 11) is 0. The molecule has 1 aromatic carbocycles. The molecule has 1 atom stereocenters. The normalized spacial score (nSPS) is 15.6. The number of hydrogen-bond acceptors (Lipinski definition) is 4. The second-order valence-electron chi connectivity index (χ2n) is 6.32. The fourth-order valence-corrected chi connectivity index (χ4v) is 3.80. The van der Waals surface area contributed by atoms with Crippen LogP contribution in [-0.4, -0.2) is 15.0 Å². The van der Waals surface area contributed by atoms with Gasteiger partial charge in [-0.15, -0.1) is 0 Å². The monoisotopic (exact) mass is 324 g/mol. The highest BCUT2D eigenvalue weighted by Gasteiger charge is 2.30. The third-order valence-corrected chi connectivity index (χ3v) is 4.92. The van der Waals surface area contributed by atoms with Crippen LogP contribution in [0.5, 0.6) is 0 Å². The van der Waals surface area contributed by atoms with Crippen LogP contribution >= 0.6 is 0 Å². The second-order valence-corrected chi connectivity index (χ2v) is 6.32. The van der Waals surface area contributed by atoms with E-state index >= 15 is 0 Å². The first kappa shape index (κ1) is 14.1. The fourth-order valence-electron chi connectivity index (χ4n) is 3.80. The lowest BCUT2D eigenvalue weighted by Gasteiger charge is -2.28. The van der Waals surface area contributed by atoms with Crippen molar-refractivity contribution in [3.05, 3.63) is 83.8 Å². The lowest BCUT2D eigenvalue weighted by Crippen LogP contribution is -2.17. The molecule has 4 nitrogen and oxygen atoms in total. The number of rotatable bonds is 1. The molecular weight excluding hydrogens is 308 g/mol. The lowest BCUT2D eigenvalue weighted by molar-refractivity contribution is 0.769. The maximum absolute atomic E-state index is 6.25. The van der Waals surface area contributed by atoms with Crippen molar-refractivity contribution in [3.8, 4) is 11.3 Å². The van der Waals surface area contributed by atoms with Crippen LogP contribution in [0.25, 0.3) is 22.2 Å². The van der Waals surface area contributed by atoms with Gasteiger partial charge in [0.2, 0.25) is 0 Å². The first-order valence-corrected chi connectivity index (χ1v) is 8.36. The first-order valence-electron chi connectivity index (χ1n) is 8.36. The molecule has 0 fully saturated rings. The summed E-state index contributed by atoms with van der Waals surface area (Å²) in [6.07, 6.45) is 4.50. The number of nitrogens with zero attached hydrogens (tertiary/aromatic N) is 3. The number of pyridine rings is 3. The summed E-state index contributed by atoms with van der Waals surface area (Å²) in [4.78, 5) is 14.0. The van der Waals surface area contributed by atoms with Gasteiger partial charge in [0.15, 0.2) is 0 Å². The molecule has 4 heteroatoms. The van der Waals surface area contributed by atoms with Crippen LogP contribution in [0.15, 0.2) is 67.0 Å². The van der Waals surface area contributed by atoms with Crippen molar-refractivity contribution >= 4 is 16.7 Å². The Morgan fingerprint density at radius 1 is 0.880 bits per heavy atom. The molecule has 120 valence electrons. The highest BCUT2D eigenvalue weighted by molar-refractivity contribution is 5.96. The minimum absolute atomic E-state index is 0.170. The summed E-state index contributed by atoms with van der Waals surface area (Å²) in [6.45, 7) is 0. The lowest BCUT2D eigenvalue weighted by atomic mass is 9.78. The van der Waals surface area contributed by atoms with E-state index in [1.54, 1.807) is 0 Å². The summed E-state index contributed by atoms with van der Waals surface area (Å²) < 4.78 is 0. The van der Waals surface area contributed by atoms with E-state index in [0.717, 1.165) is 39.8 Å². The zero-order valence-corrected chi connectivity index (χ0v) is 13.6. The van der Waals surface area contributed by atoms with Crippen LogP contribution in [0.4, 0.5) is 5.82 Å². The first-order chi connectivity index (χ1) is 12.3. The molecule has 0 radical (unpaired) electrons. The molecule has 25 heavy (non-hydrogen) atoms. The van der Waals surface area contributed by atoms with E-state index in [9.17, 15) is 0 Å². The zero-order chi connectivity index (χ0) is 16.8. The summed E-state index contributed by atoms with van der Waals surface area (Å²) >= 11 is 0. The average Bonchev–Trinajstić information content (AvgIpc) is 2.68. The van der Waals surface area contributed by atoms with E-state index in [2.05, 4.69) is 40.3 Å². The van der Waals surface area contributed by atoms with Crippen LogP contribution in [0.2, 0.25) is 0 Å². The van der Waals surface area contributed by atoms with Gasteiger partial charge >= 0.3 is 0 Å². The van der Waals surface area contributed by atoms with Crippen LogP contribution in [-0.2, 0) is 6.42 Å². The van der Waals surface area contributed by atoms with Crippen LogP contribution < -0.4 is 5.73 Å². The van der Waals surface area contributed by atoms with Gasteiger partial charge in [-0.1, -0.05) is 30.3 Å². The smallest absolute Gasteiger partial charge is 0.133 e. The summed E-state index contributed by atoms with van der Waals surface area (Å²) in [5.41, 5.74) is 12.6. The van der Waals surface area contributed by atoms with E-state index in [1.807, 2.05) is 36.7 Å². The number of hydrogen-bond donors (Lipinski definition) is 1. The molecule has 4 aromatic rings. The quantitative estimate of drug-likeness (QED) is 0.575. The average molecular weight is 324 g/mol. The molecule has 3 aromatic heterocycles. The Bertz CT molecular complexity index is 1090. The number of nitrogen functional groups attached to an aromatic ring is 1. The summed E-state index contributed by atoms with van der Waals surface area (Å²) in [6, 6.07) is 18.4. The predicted molar refractivity (Wildman–Crippen MR) is 99.2 cm³/mol. The van der Waals surface area contributed by atoms with Crippen LogP contribution in [0.1, 0.15) is 22.7 Å². The number of aromatic nitrogens is 3. The molecule has 1 aliphatic carbocycles. The Morgan fingerprint density at radius 3 is 2.56 bits per heavy atom. The Hall–Kier alpha value is -3.27. The van der Waals surface area contributed by atoms with Crippen LogP contribution in [0, 0.1) is 0 Å². The van der Waals surface area contributed by atoms with E-state index in [-0.39, 0.29) is 5.92 Å². The van der Waals surface area contributed by atoms with E-state index < -0.39 is 0 Å². The van der Waals surface area contributed by atoms with E-state index in [1.165, 1.54) is 5.56 Å². The van der Waals surface area contributed by atoms with Crippen molar-refractivity contribution in [3.63, 3.8) is 0 Å². The number of nitrogens with two attached hydrogens (primary N) is 1. The van der Waals surface area contributed by atoms with Gasteiger partial charge in [-0.05, 0) is 29.8 Å². The number of benzene rings is 1. The van der Waals surface area contributed by atoms with Crippen molar-refractivity contribution in [2.45, 2.75) is 12.3 Å². The van der Waals surface area contributed by atoms with Crippen molar-refractivity contribution in [1.29, 1.82) is 0 Å². The standard InChI is InChI=1S/C21H16N4/c22-21-15-9-5-11-24-19(15)18-16(13-6-2-1-3-7-13)12-17-14(20(18)25-21)8-4-10-23-17/h1-11,16H,12H2,(H2,22,25). The molecule has 3 heterocycles. The Morgan fingerprint density at radius 2 is 1.68 bits per heavy atom. The molecule has 0 amide bonds. The molecular formula is C21H16N4. The van der Waals surface area contributed by atoms with Crippen molar-refractivity contribution in [2.75, 3.05) is 5.73 Å². The molecule has 1 unspecified atom stereocenters. The summed E-state index contributed by atoms with van der Waals surface area (Å²) in [5.74, 6) is 0.689. The molecule has 0 bridgehead atoms. The van der Waals surface area contributed by atoms with Gasteiger partial charge in [0.25, 0.3) is 0 Å². The minimum Gasteiger partial charge on any atom is -0.383 e. The van der Waals surface area contributed by atoms with Gasteiger partial charge in [0, 0.05) is 41.2 Å².